The quantitative estimate of drug-likeness (QED) is 0.149. The van der Waals surface area contributed by atoms with Crippen molar-refractivity contribution in [3.8, 4) is 0 Å². The van der Waals surface area contributed by atoms with Gasteiger partial charge < -0.3 is 20.1 Å². The maximum Gasteiger partial charge on any atom is 0.408 e. The summed E-state index contributed by atoms with van der Waals surface area (Å²) in [5, 5.41) is 5.91. The largest absolute Gasteiger partial charge is 0.446 e. The van der Waals surface area contributed by atoms with E-state index >= 15 is 0 Å². The van der Waals surface area contributed by atoms with Crippen molar-refractivity contribution in [2.75, 3.05) is 0 Å². The van der Waals surface area contributed by atoms with E-state index in [1.165, 1.54) is 0 Å². The fourth-order valence-corrected chi connectivity index (χ4v) is 5.18. The monoisotopic (exact) mass is 636 g/mol. The Morgan fingerprint density at radius 1 is 0.609 bits per heavy atom. The van der Waals surface area contributed by atoms with Crippen LogP contribution < -0.4 is 10.6 Å². The van der Waals surface area contributed by atoms with Gasteiger partial charge in [0.2, 0.25) is 0 Å². The number of carbonyl (C=O) groups excluding carboxylic acids is 2. The topological polar surface area (TPSA) is 95.1 Å². The van der Waals surface area contributed by atoms with E-state index in [1.807, 2.05) is 132 Å². The molecule has 0 aliphatic heterocycles. The second-order valence-corrected chi connectivity index (χ2v) is 14.7. The summed E-state index contributed by atoms with van der Waals surface area (Å²) >= 11 is 0. The van der Waals surface area contributed by atoms with E-state index in [1.54, 1.807) is 0 Å². The number of carbonyl (C=O) groups is 2. The molecule has 8 nitrogen and oxygen atoms in total. The fourth-order valence-electron chi connectivity index (χ4n) is 5.18. The van der Waals surface area contributed by atoms with Gasteiger partial charge in [0.15, 0.2) is 0 Å². The SMILES string of the molecule is C=C(C)c1ccc(C(C)(C)NC(=O)OC(C)CC(C)(C)OOC(C)(C)CC(C)OC(=O)NC(C)(C)c2ccc(C(=C)C)cc2)cc1. The van der Waals surface area contributed by atoms with Crippen LogP contribution in [-0.4, -0.2) is 35.6 Å². The third-order valence-corrected chi connectivity index (χ3v) is 7.70. The van der Waals surface area contributed by atoms with Crippen LogP contribution in [0.25, 0.3) is 11.1 Å². The molecule has 2 aromatic rings. The number of ether oxygens (including phenoxy) is 2. The third-order valence-electron chi connectivity index (χ3n) is 7.70. The van der Waals surface area contributed by atoms with Gasteiger partial charge in [0, 0.05) is 12.8 Å². The molecule has 2 aromatic carbocycles. The fraction of sp³-hybridized carbons (Fsp3) is 0.526. The van der Waals surface area contributed by atoms with E-state index in [9.17, 15) is 9.59 Å². The molecule has 2 amide bonds. The highest BCUT2D eigenvalue weighted by Crippen LogP contribution is 2.28. The summed E-state index contributed by atoms with van der Waals surface area (Å²) in [5.74, 6) is 0. The molecule has 2 atom stereocenters. The van der Waals surface area contributed by atoms with Crippen molar-refractivity contribution in [2.45, 2.75) is 130 Å². The molecule has 0 radical (unpaired) electrons. The highest BCUT2D eigenvalue weighted by molar-refractivity contribution is 5.70. The summed E-state index contributed by atoms with van der Waals surface area (Å²) in [4.78, 5) is 37.2. The van der Waals surface area contributed by atoms with E-state index in [-0.39, 0.29) is 0 Å². The van der Waals surface area contributed by atoms with Gasteiger partial charge in [0.1, 0.15) is 23.4 Å². The smallest absolute Gasteiger partial charge is 0.408 e. The molecule has 0 saturated heterocycles. The Bertz CT molecular complexity index is 1250. The van der Waals surface area contributed by atoms with Crippen LogP contribution in [0.4, 0.5) is 9.59 Å². The van der Waals surface area contributed by atoms with Gasteiger partial charge in [-0.2, -0.15) is 0 Å². The summed E-state index contributed by atoms with van der Waals surface area (Å²) in [6.07, 6.45) is -1.16. The van der Waals surface area contributed by atoms with Gasteiger partial charge in [0.25, 0.3) is 0 Å². The number of hydrogen-bond acceptors (Lipinski definition) is 6. The lowest BCUT2D eigenvalue weighted by Crippen LogP contribution is -2.44. The second-order valence-electron chi connectivity index (χ2n) is 14.7. The molecule has 2 N–H and O–H groups in total. The number of rotatable bonds is 15. The predicted octanol–water partition coefficient (Wildman–Crippen LogP) is 9.44. The van der Waals surface area contributed by atoms with Crippen molar-refractivity contribution in [3.05, 3.63) is 83.9 Å². The van der Waals surface area contributed by atoms with Crippen LogP contribution in [-0.2, 0) is 30.3 Å². The number of hydrogen-bond donors (Lipinski definition) is 2. The molecule has 2 unspecified atom stereocenters. The van der Waals surface area contributed by atoms with Gasteiger partial charge in [-0.25, -0.2) is 19.4 Å². The first-order valence-corrected chi connectivity index (χ1v) is 15.9. The first-order chi connectivity index (χ1) is 21.0. The van der Waals surface area contributed by atoms with Gasteiger partial charge >= 0.3 is 12.2 Å². The zero-order valence-corrected chi connectivity index (χ0v) is 30.1. The van der Waals surface area contributed by atoms with Crippen LogP contribution in [0, 0.1) is 0 Å². The van der Waals surface area contributed by atoms with E-state index in [2.05, 4.69) is 23.8 Å². The van der Waals surface area contributed by atoms with E-state index < -0.39 is 46.7 Å². The van der Waals surface area contributed by atoms with Gasteiger partial charge in [0.05, 0.1) is 11.1 Å². The zero-order valence-electron chi connectivity index (χ0n) is 30.1. The molecule has 46 heavy (non-hydrogen) atoms. The average molecular weight is 637 g/mol. The molecule has 0 bridgehead atoms. The average Bonchev–Trinajstić information content (AvgIpc) is 2.90. The van der Waals surface area contributed by atoms with Crippen LogP contribution in [0.3, 0.4) is 0 Å². The zero-order chi connectivity index (χ0) is 35.1. The Balaban J connectivity index is 1.83. The molecule has 0 saturated carbocycles. The molecule has 0 aromatic heterocycles. The first-order valence-electron chi connectivity index (χ1n) is 15.9. The molecule has 0 heterocycles. The molecule has 254 valence electrons. The Hall–Kier alpha value is -3.62. The van der Waals surface area contributed by atoms with Crippen molar-refractivity contribution in [1.29, 1.82) is 0 Å². The Kier molecular flexibility index (Phi) is 12.8. The van der Waals surface area contributed by atoms with E-state index in [4.69, 9.17) is 19.2 Å². The molecule has 8 heteroatoms. The molecule has 0 aliphatic carbocycles. The van der Waals surface area contributed by atoms with Crippen LogP contribution >= 0.6 is 0 Å². The molecular formula is C38H56N2O6. The second kappa shape index (κ2) is 15.3. The van der Waals surface area contributed by atoms with Crippen LogP contribution in [0.15, 0.2) is 61.7 Å². The van der Waals surface area contributed by atoms with Crippen LogP contribution in [0.2, 0.25) is 0 Å². The minimum Gasteiger partial charge on any atom is -0.446 e. The van der Waals surface area contributed by atoms with Crippen molar-refractivity contribution >= 4 is 23.3 Å². The van der Waals surface area contributed by atoms with Crippen molar-refractivity contribution < 1.29 is 28.8 Å². The van der Waals surface area contributed by atoms with Crippen molar-refractivity contribution in [1.82, 2.24) is 10.6 Å². The Labute approximate surface area is 276 Å². The molecule has 0 spiro atoms. The van der Waals surface area contributed by atoms with Crippen LogP contribution in [0.5, 0.6) is 0 Å². The number of amides is 2. The normalized spacial score (nSPS) is 13.7. The number of alkyl carbamates (subject to hydrolysis) is 2. The predicted molar refractivity (Wildman–Crippen MR) is 186 cm³/mol. The minimum absolute atomic E-state index is 0.390. The first kappa shape index (κ1) is 38.6. The molecule has 2 rings (SSSR count). The number of nitrogens with one attached hydrogen (secondary N) is 2. The Morgan fingerprint density at radius 2 is 0.891 bits per heavy atom. The molecule has 0 fully saturated rings. The number of allylic oxidation sites excluding steroid dienone is 2. The highest BCUT2D eigenvalue weighted by Gasteiger charge is 2.33. The van der Waals surface area contributed by atoms with Gasteiger partial charge in [-0.15, -0.1) is 0 Å². The van der Waals surface area contributed by atoms with E-state index in [0.717, 1.165) is 33.4 Å². The maximum absolute atomic E-state index is 12.8. The lowest BCUT2D eigenvalue weighted by molar-refractivity contribution is -0.406. The summed E-state index contributed by atoms with van der Waals surface area (Å²) < 4.78 is 11.3. The van der Waals surface area contributed by atoms with Crippen molar-refractivity contribution in [3.63, 3.8) is 0 Å². The lowest BCUT2D eigenvalue weighted by Gasteiger charge is -2.34. The van der Waals surface area contributed by atoms with Gasteiger partial charge in [-0.05, 0) is 105 Å². The summed E-state index contributed by atoms with van der Waals surface area (Å²) in [6, 6.07) is 15.9. The van der Waals surface area contributed by atoms with Gasteiger partial charge in [-0.1, -0.05) is 72.8 Å². The van der Waals surface area contributed by atoms with E-state index in [0.29, 0.717) is 12.8 Å². The minimum atomic E-state index is -0.768. The van der Waals surface area contributed by atoms with Gasteiger partial charge in [-0.3, -0.25) is 0 Å². The summed E-state index contributed by atoms with van der Waals surface area (Å²) in [6.45, 7) is 30.7. The highest BCUT2D eigenvalue weighted by atomic mass is 17.2. The Morgan fingerprint density at radius 3 is 1.15 bits per heavy atom. The standard InChI is InChI=1S/C38H56N2O6/c1-25(2)29-15-19-31(20-16-29)37(11,12)39-33(41)43-27(5)23-35(7,8)45-46-36(9,10)24-28(6)44-34(42)40-38(13,14)32-21-17-30(18-22-32)26(3)4/h15-22,27-28H,1,3,23-24H2,2,4-14H3,(H,39,41)(H,40,42). The summed E-state index contributed by atoms with van der Waals surface area (Å²) in [7, 11) is 0. The molecular weight excluding hydrogens is 580 g/mol. The number of benzene rings is 2. The lowest BCUT2D eigenvalue weighted by atomic mass is 9.93. The molecule has 0 aliphatic rings. The van der Waals surface area contributed by atoms with Crippen molar-refractivity contribution in [2.24, 2.45) is 0 Å². The maximum atomic E-state index is 12.8. The summed E-state index contributed by atoms with van der Waals surface area (Å²) in [5.41, 5.74) is 3.17. The van der Waals surface area contributed by atoms with Crippen LogP contribution in [0.1, 0.15) is 118 Å². The third kappa shape index (κ3) is 12.3.